The fraction of sp³-hybridized carbons (Fsp3) is 0.214. The fourth-order valence-electron chi connectivity index (χ4n) is 1.27. The van der Waals surface area contributed by atoms with Gasteiger partial charge in [0.25, 0.3) is 5.91 Å². The number of aliphatic imine (C=N–C) groups is 1. The topological polar surface area (TPSA) is 68.5 Å². The molecule has 0 aliphatic carbocycles. The van der Waals surface area contributed by atoms with Crippen molar-refractivity contribution >= 4 is 23.6 Å². The minimum atomic E-state index is -0.407. The van der Waals surface area contributed by atoms with Crippen LogP contribution in [0.3, 0.4) is 0 Å². The highest BCUT2D eigenvalue weighted by Crippen LogP contribution is 2.22. The summed E-state index contributed by atoms with van der Waals surface area (Å²) >= 11 is 0. The molecule has 1 aromatic rings. The van der Waals surface area contributed by atoms with Crippen molar-refractivity contribution in [1.82, 2.24) is 4.90 Å². The molecule has 0 saturated heterocycles. The Morgan fingerprint density at radius 2 is 2.21 bits per heavy atom. The highest BCUT2D eigenvalue weighted by Gasteiger charge is 2.04. The van der Waals surface area contributed by atoms with Crippen LogP contribution in [0.4, 0.5) is 11.4 Å². The smallest absolute Gasteiger partial charge is 0.300 e. The Labute approximate surface area is 112 Å². The number of nitrogens with one attached hydrogen (secondary N) is 1. The molecule has 5 nitrogen and oxygen atoms in total. The van der Waals surface area contributed by atoms with Crippen molar-refractivity contribution in [3.63, 3.8) is 0 Å². The minimum absolute atomic E-state index is 0.389. The summed E-state index contributed by atoms with van der Waals surface area (Å²) in [6, 6.07) is 6.97. The Morgan fingerprint density at radius 3 is 2.79 bits per heavy atom. The minimum Gasteiger partial charge on any atom is -0.369 e. The van der Waals surface area contributed by atoms with Crippen molar-refractivity contribution in [2.45, 2.75) is 6.92 Å². The molecule has 96 valence electrons. The Balaban J connectivity index is 2.99. The van der Waals surface area contributed by atoms with E-state index in [0.717, 1.165) is 0 Å². The number of amides is 1. The number of nitriles is 1. The molecule has 1 rings (SSSR count). The molecule has 1 N–H and O–H groups in total. The lowest BCUT2D eigenvalue weighted by Crippen LogP contribution is -2.08. The fourth-order valence-corrected chi connectivity index (χ4v) is 1.27. The Morgan fingerprint density at radius 1 is 1.47 bits per heavy atom. The highest BCUT2D eigenvalue weighted by atomic mass is 16.1. The first-order chi connectivity index (χ1) is 9.06. The number of rotatable bonds is 3. The molecule has 1 amide bonds. The average Bonchev–Trinajstić information content (AvgIpc) is 2.37. The molecule has 0 bridgehead atoms. The Hall–Kier alpha value is -2.79. The van der Waals surface area contributed by atoms with E-state index in [4.69, 9.17) is 5.26 Å². The number of carbonyl (C=O) groups is 1. The second kappa shape index (κ2) is 6.83. The lowest BCUT2D eigenvalue weighted by molar-refractivity contribution is -0.111. The van der Waals surface area contributed by atoms with E-state index in [2.05, 4.69) is 22.2 Å². The van der Waals surface area contributed by atoms with Gasteiger partial charge in [-0.3, -0.25) is 4.79 Å². The summed E-state index contributed by atoms with van der Waals surface area (Å²) in [5.74, 6) is 4.46. The van der Waals surface area contributed by atoms with E-state index in [9.17, 15) is 4.79 Å². The molecular weight excluding hydrogens is 240 g/mol. The van der Waals surface area contributed by atoms with Gasteiger partial charge in [-0.25, -0.2) is 4.99 Å². The number of nitrogens with zero attached hydrogens (tertiary/aromatic N) is 3. The van der Waals surface area contributed by atoms with Crippen molar-refractivity contribution in [2.75, 3.05) is 19.4 Å². The van der Waals surface area contributed by atoms with Crippen molar-refractivity contribution in [2.24, 2.45) is 4.99 Å². The first kappa shape index (κ1) is 14.3. The molecule has 0 saturated carbocycles. The van der Waals surface area contributed by atoms with Crippen LogP contribution in [0.5, 0.6) is 0 Å². The van der Waals surface area contributed by atoms with Crippen LogP contribution < -0.4 is 5.32 Å². The monoisotopic (exact) mass is 254 g/mol. The van der Waals surface area contributed by atoms with E-state index in [1.807, 2.05) is 20.2 Å². The van der Waals surface area contributed by atoms with E-state index in [-0.39, 0.29) is 0 Å². The molecule has 5 heteroatoms. The number of benzene rings is 1. The first-order valence-electron chi connectivity index (χ1n) is 5.55. The quantitative estimate of drug-likeness (QED) is 0.507. The van der Waals surface area contributed by atoms with E-state index in [1.165, 1.54) is 0 Å². The number of hydrogen-bond donors (Lipinski definition) is 1. The van der Waals surface area contributed by atoms with Gasteiger partial charge in [-0.05, 0) is 31.0 Å². The SMILES string of the molecule is CC#CC(=O)Nc1ccc(/N=C\N(C)C)c(C#N)c1. The third-order valence-corrected chi connectivity index (χ3v) is 2.04. The average molecular weight is 254 g/mol. The van der Waals surface area contributed by atoms with Gasteiger partial charge in [-0.2, -0.15) is 5.26 Å². The maximum atomic E-state index is 11.3. The molecule has 19 heavy (non-hydrogen) atoms. The molecular formula is C14H14N4O. The van der Waals surface area contributed by atoms with Crippen LogP contribution in [0, 0.1) is 23.2 Å². The van der Waals surface area contributed by atoms with E-state index in [1.54, 1.807) is 36.4 Å². The van der Waals surface area contributed by atoms with Crippen LogP contribution in [0.2, 0.25) is 0 Å². The lowest BCUT2D eigenvalue weighted by Gasteiger charge is -2.05. The molecule has 0 aliphatic heterocycles. The van der Waals surface area contributed by atoms with Crippen LogP contribution in [0.25, 0.3) is 0 Å². The summed E-state index contributed by atoms with van der Waals surface area (Å²) in [6.45, 7) is 1.58. The zero-order chi connectivity index (χ0) is 14.3. The molecule has 0 radical (unpaired) electrons. The van der Waals surface area contributed by atoms with Crippen molar-refractivity contribution in [3.05, 3.63) is 23.8 Å². The Kier molecular flexibility index (Phi) is 5.13. The molecule has 1 aromatic carbocycles. The zero-order valence-corrected chi connectivity index (χ0v) is 11.1. The molecule has 0 unspecified atom stereocenters. The summed E-state index contributed by atoms with van der Waals surface area (Å²) in [7, 11) is 3.68. The lowest BCUT2D eigenvalue weighted by atomic mass is 10.1. The van der Waals surface area contributed by atoms with Crippen molar-refractivity contribution in [3.8, 4) is 17.9 Å². The van der Waals surface area contributed by atoms with Gasteiger partial charge in [0.1, 0.15) is 6.07 Å². The number of carbonyl (C=O) groups excluding carboxylic acids is 1. The first-order valence-corrected chi connectivity index (χ1v) is 5.55. The normalized spacial score (nSPS) is 9.37. The van der Waals surface area contributed by atoms with Gasteiger partial charge < -0.3 is 10.2 Å². The van der Waals surface area contributed by atoms with E-state index < -0.39 is 5.91 Å². The number of hydrogen-bond acceptors (Lipinski definition) is 3. The van der Waals surface area contributed by atoms with Gasteiger partial charge in [-0.15, -0.1) is 0 Å². The summed E-state index contributed by atoms with van der Waals surface area (Å²) in [5.41, 5.74) is 1.46. The largest absolute Gasteiger partial charge is 0.369 e. The van der Waals surface area contributed by atoms with Crippen molar-refractivity contribution in [1.29, 1.82) is 5.26 Å². The predicted molar refractivity (Wildman–Crippen MR) is 75.1 cm³/mol. The summed E-state index contributed by atoms with van der Waals surface area (Å²) in [5, 5.41) is 11.7. The molecule has 0 atom stereocenters. The van der Waals surface area contributed by atoms with Crippen LogP contribution in [-0.4, -0.2) is 31.2 Å². The third-order valence-electron chi connectivity index (χ3n) is 2.04. The van der Waals surface area contributed by atoms with Gasteiger partial charge >= 0.3 is 0 Å². The van der Waals surface area contributed by atoms with Gasteiger partial charge in [-0.1, -0.05) is 5.92 Å². The zero-order valence-electron chi connectivity index (χ0n) is 11.1. The van der Waals surface area contributed by atoms with Crippen LogP contribution in [0.15, 0.2) is 23.2 Å². The van der Waals surface area contributed by atoms with Gasteiger partial charge in [0, 0.05) is 19.8 Å². The maximum Gasteiger partial charge on any atom is 0.300 e. The summed E-state index contributed by atoms with van der Waals surface area (Å²) < 4.78 is 0. The molecule has 0 fully saturated rings. The second-order valence-corrected chi connectivity index (χ2v) is 3.88. The summed E-state index contributed by atoms with van der Waals surface area (Å²) in [6.07, 6.45) is 1.61. The van der Waals surface area contributed by atoms with Crippen LogP contribution in [0.1, 0.15) is 12.5 Å². The van der Waals surface area contributed by atoms with Gasteiger partial charge in [0.05, 0.1) is 17.6 Å². The van der Waals surface area contributed by atoms with Crippen LogP contribution >= 0.6 is 0 Å². The molecule has 0 aromatic heterocycles. The van der Waals surface area contributed by atoms with Crippen molar-refractivity contribution < 1.29 is 4.79 Å². The predicted octanol–water partition coefficient (Wildman–Crippen LogP) is 1.74. The van der Waals surface area contributed by atoms with E-state index >= 15 is 0 Å². The third kappa shape index (κ3) is 4.53. The summed E-state index contributed by atoms with van der Waals surface area (Å²) in [4.78, 5) is 17.3. The van der Waals surface area contributed by atoms with E-state index in [0.29, 0.717) is 16.9 Å². The maximum absolute atomic E-state index is 11.3. The molecule has 0 heterocycles. The van der Waals surface area contributed by atoms with Gasteiger partial charge in [0.2, 0.25) is 0 Å². The number of anilines is 1. The standard InChI is InChI=1S/C14H14N4O/c1-4-5-14(19)17-12-6-7-13(11(8-12)9-15)16-10-18(2)3/h6-8,10H,1-3H3,(H,17,19)/b16-10-. The van der Waals surface area contributed by atoms with Gasteiger partial charge in [0.15, 0.2) is 0 Å². The molecule has 0 spiro atoms. The molecule has 0 aliphatic rings. The second-order valence-electron chi connectivity index (χ2n) is 3.88. The highest BCUT2D eigenvalue weighted by molar-refractivity contribution is 6.04. The van der Waals surface area contributed by atoms with Crippen LogP contribution in [-0.2, 0) is 4.79 Å². The Bertz CT molecular complexity index is 600.